The standard InChI is InChI=1S/C11H7ClO6/c12-10-9(15)8-5(3-7(13)14)4(11(16)17)1-2-6(8)18-10/h1-3,8,10H,(H,13,14)(H,16,17). The van der Waals surface area contributed by atoms with Crippen LogP contribution in [0.2, 0.25) is 0 Å². The van der Waals surface area contributed by atoms with Gasteiger partial charge < -0.3 is 14.9 Å². The normalized spacial score (nSPS) is 28.3. The van der Waals surface area contributed by atoms with Crippen LogP contribution in [0.25, 0.3) is 0 Å². The van der Waals surface area contributed by atoms with Gasteiger partial charge in [-0.15, -0.1) is 0 Å². The summed E-state index contributed by atoms with van der Waals surface area (Å²) in [5, 5.41) is 17.7. The molecule has 1 aliphatic carbocycles. The lowest BCUT2D eigenvalue weighted by Gasteiger charge is -2.17. The molecule has 0 spiro atoms. The molecule has 7 heteroatoms. The van der Waals surface area contributed by atoms with Gasteiger partial charge in [0, 0.05) is 6.08 Å². The maximum Gasteiger partial charge on any atom is 0.336 e. The molecule has 2 aliphatic rings. The number of carbonyl (C=O) groups excluding carboxylic acids is 1. The third-order valence-electron chi connectivity index (χ3n) is 2.58. The number of alkyl halides is 1. The fraction of sp³-hybridized carbons (Fsp3) is 0.182. The van der Waals surface area contributed by atoms with E-state index >= 15 is 0 Å². The second-order valence-corrected chi connectivity index (χ2v) is 4.06. The highest BCUT2D eigenvalue weighted by Gasteiger charge is 2.44. The maximum absolute atomic E-state index is 11.7. The van der Waals surface area contributed by atoms with Gasteiger partial charge in [0.2, 0.25) is 11.3 Å². The van der Waals surface area contributed by atoms with Crippen molar-refractivity contribution in [2.45, 2.75) is 5.56 Å². The van der Waals surface area contributed by atoms with Gasteiger partial charge in [0.05, 0.1) is 5.57 Å². The number of Topliss-reactive ketones (excluding diaryl/α,β-unsaturated/α-hetero) is 1. The molecule has 0 bridgehead atoms. The van der Waals surface area contributed by atoms with Gasteiger partial charge in [-0.1, -0.05) is 11.6 Å². The van der Waals surface area contributed by atoms with Crippen LogP contribution < -0.4 is 0 Å². The molecule has 2 unspecified atom stereocenters. The Hall–Kier alpha value is -2.08. The number of rotatable bonds is 2. The largest absolute Gasteiger partial charge is 0.478 e. The van der Waals surface area contributed by atoms with Crippen molar-refractivity contribution in [3.63, 3.8) is 0 Å². The predicted octanol–water partition coefficient (Wildman–Crippen LogP) is 0.686. The van der Waals surface area contributed by atoms with E-state index in [-0.39, 0.29) is 16.9 Å². The number of carboxylic acid groups (broad SMARTS) is 2. The molecule has 1 saturated heterocycles. The molecule has 0 saturated carbocycles. The van der Waals surface area contributed by atoms with E-state index in [9.17, 15) is 14.4 Å². The van der Waals surface area contributed by atoms with Gasteiger partial charge in [-0.2, -0.15) is 0 Å². The Labute approximate surface area is 106 Å². The lowest BCUT2D eigenvalue weighted by Crippen LogP contribution is -2.22. The number of hydrogen-bond acceptors (Lipinski definition) is 4. The minimum absolute atomic E-state index is 0.124. The van der Waals surface area contributed by atoms with Gasteiger partial charge in [-0.05, 0) is 17.7 Å². The molecule has 2 N–H and O–H groups in total. The highest BCUT2D eigenvalue weighted by atomic mass is 35.5. The molecule has 1 fully saturated rings. The lowest BCUT2D eigenvalue weighted by molar-refractivity contribution is -0.132. The Morgan fingerprint density at radius 1 is 1.33 bits per heavy atom. The number of carboxylic acids is 2. The molecular formula is C11H7ClO6. The summed E-state index contributed by atoms with van der Waals surface area (Å²) in [6, 6.07) is 0. The van der Waals surface area contributed by atoms with Crippen LogP contribution in [0.3, 0.4) is 0 Å². The molecule has 0 amide bonds. The predicted molar refractivity (Wildman–Crippen MR) is 58.7 cm³/mol. The molecule has 0 radical (unpaired) electrons. The van der Waals surface area contributed by atoms with Crippen LogP contribution in [0.4, 0.5) is 0 Å². The van der Waals surface area contributed by atoms with Crippen molar-refractivity contribution in [3.8, 4) is 0 Å². The fourth-order valence-corrected chi connectivity index (χ4v) is 2.09. The minimum Gasteiger partial charge on any atom is -0.478 e. The Bertz CT molecular complexity index is 542. The van der Waals surface area contributed by atoms with E-state index in [0.29, 0.717) is 6.08 Å². The highest BCUT2D eigenvalue weighted by Crippen LogP contribution is 2.39. The van der Waals surface area contributed by atoms with Crippen LogP contribution in [0, 0.1) is 5.92 Å². The number of hydrogen-bond donors (Lipinski definition) is 2. The van der Waals surface area contributed by atoms with E-state index in [1.165, 1.54) is 12.2 Å². The van der Waals surface area contributed by atoms with Gasteiger partial charge in [0.1, 0.15) is 11.7 Å². The summed E-state index contributed by atoms with van der Waals surface area (Å²) >= 11 is 5.61. The number of aliphatic carboxylic acids is 2. The van der Waals surface area contributed by atoms with Gasteiger partial charge in [0.15, 0.2) is 0 Å². The quantitative estimate of drug-likeness (QED) is 0.565. The first-order valence-corrected chi connectivity index (χ1v) is 5.30. The maximum atomic E-state index is 11.7. The Morgan fingerprint density at radius 2 is 2.00 bits per heavy atom. The molecule has 2 atom stereocenters. The van der Waals surface area contributed by atoms with Gasteiger partial charge in [-0.3, -0.25) is 4.79 Å². The third kappa shape index (κ3) is 1.91. The van der Waals surface area contributed by atoms with Gasteiger partial charge in [-0.25, -0.2) is 9.59 Å². The summed E-state index contributed by atoms with van der Waals surface area (Å²) in [4.78, 5) is 33.5. The topological polar surface area (TPSA) is 101 Å². The molecule has 1 aliphatic heterocycles. The van der Waals surface area contributed by atoms with E-state index < -0.39 is 29.2 Å². The second kappa shape index (κ2) is 4.30. The first-order valence-electron chi connectivity index (χ1n) is 4.86. The number of ether oxygens (including phenoxy) is 1. The minimum atomic E-state index is -1.34. The van der Waals surface area contributed by atoms with Crippen molar-refractivity contribution in [2.75, 3.05) is 0 Å². The van der Waals surface area contributed by atoms with Crippen molar-refractivity contribution in [1.29, 1.82) is 0 Å². The molecular weight excluding hydrogens is 264 g/mol. The molecule has 6 nitrogen and oxygen atoms in total. The Morgan fingerprint density at radius 3 is 2.56 bits per heavy atom. The highest BCUT2D eigenvalue weighted by molar-refractivity contribution is 6.32. The van der Waals surface area contributed by atoms with Gasteiger partial charge >= 0.3 is 11.9 Å². The van der Waals surface area contributed by atoms with Crippen molar-refractivity contribution in [2.24, 2.45) is 5.92 Å². The zero-order valence-corrected chi connectivity index (χ0v) is 9.55. The lowest BCUT2D eigenvalue weighted by atomic mass is 9.85. The van der Waals surface area contributed by atoms with Crippen LogP contribution in [-0.4, -0.2) is 33.5 Å². The number of halogens is 1. The van der Waals surface area contributed by atoms with Crippen molar-refractivity contribution in [1.82, 2.24) is 0 Å². The van der Waals surface area contributed by atoms with Crippen molar-refractivity contribution < 1.29 is 29.3 Å². The SMILES string of the molecule is O=C(O)C=C1C(C(=O)O)=CC=C2OC(Cl)C(=O)C21. The number of carbonyl (C=O) groups is 3. The zero-order chi connectivity index (χ0) is 13.4. The average Bonchev–Trinajstić information content (AvgIpc) is 2.54. The average molecular weight is 271 g/mol. The third-order valence-corrected chi connectivity index (χ3v) is 2.88. The molecule has 18 heavy (non-hydrogen) atoms. The summed E-state index contributed by atoms with van der Waals surface area (Å²) in [5.74, 6) is -4.12. The molecule has 0 aromatic rings. The van der Waals surface area contributed by atoms with Crippen molar-refractivity contribution in [3.05, 3.63) is 35.1 Å². The molecule has 94 valence electrons. The Balaban J connectivity index is 2.54. The van der Waals surface area contributed by atoms with Crippen LogP contribution in [0.15, 0.2) is 35.1 Å². The molecule has 2 rings (SSSR count). The van der Waals surface area contributed by atoms with E-state index in [0.717, 1.165) is 0 Å². The number of fused-ring (bicyclic) bond motifs is 1. The van der Waals surface area contributed by atoms with E-state index in [2.05, 4.69) is 0 Å². The van der Waals surface area contributed by atoms with Crippen LogP contribution >= 0.6 is 11.6 Å². The molecule has 0 aromatic carbocycles. The first-order chi connectivity index (χ1) is 8.41. The summed E-state index contributed by atoms with van der Waals surface area (Å²) in [7, 11) is 0. The van der Waals surface area contributed by atoms with E-state index in [1.807, 2.05) is 0 Å². The zero-order valence-electron chi connectivity index (χ0n) is 8.79. The summed E-state index contributed by atoms with van der Waals surface area (Å²) in [6.45, 7) is 0. The smallest absolute Gasteiger partial charge is 0.336 e. The fourth-order valence-electron chi connectivity index (χ4n) is 1.86. The summed E-state index contributed by atoms with van der Waals surface area (Å²) in [5.41, 5.74) is -1.60. The van der Waals surface area contributed by atoms with Crippen LogP contribution in [-0.2, 0) is 19.1 Å². The number of allylic oxidation sites excluding steroid dienone is 3. The van der Waals surface area contributed by atoms with E-state index in [1.54, 1.807) is 0 Å². The first kappa shape index (κ1) is 12.4. The molecule has 1 heterocycles. The van der Waals surface area contributed by atoms with E-state index in [4.69, 9.17) is 26.6 Å². The monoisotopic (exact) mass is 270 g/mol. The number of ketones is 1. The van der Waals surface area contributed by atoms with Crippen molar-refractivity contribution >= 4 is 29.3 Å². The summed E-state index contributed by atoms with van der Waals surface area (Å²) in [6.07, 6.45) is 3.19. The van der Waals surface area contributed by atoms with Gasteiger partial charge in [0.25, 0.3) is 0 Å². The molecule has 0 aromatic heterocycles. The van der Waals surface area contributed by atoms with Crippen LogP contribution in [0.1, 0.15) is 0 Å². The van der Waals surface area contributed by atoms with Crippen LogP contribution in [0.5, 0.6) is 0 Å². The second-order valence-electron chi connectivity index (χ2n) is 3.66. The Kier molecular flexibility index (Phi) is 2.96. The summed E-state index contributed by atoms with van der Waals surface area (Å²) < 4.78 is 5.02.